The normalized spacial score (nSPS) is 16.1. The maximum Gasteiger partial charge on any atom is 0.180 e. The van der Waals surface area contributed by atoms with Gasteiger partial charge in [-0.15, -0.1) is 0 Å². The van der Waals surface area contributed by atoms with E-state index in [0.717, 1.165) is 37.8 Å². The van der Waals surface area contributed by atoms with Crippen molar-refractivity contribution < 1.29 is 13.5 Å². The van der Waals surface area contributed by atoms with E-state index in [1.54, 1.807) is 12.1 Å². The van der Waals surface area contributed by atoms with Crippen LogP contribution in [-0.2, 0) is 22.7 Å². The lowest BCUT2D eigenvalue weighted by Crippen LogP contribution is -2.32. The standard InChI is InChI=1S/C15H23NO3S/c1-2-8-16-10-14(17)11-20(18,19)15-7-6-12-4-3-5-13(12)9-15/h6-7,9,14,16-17H,2-5,8,10-11H2,1H3. The van der Waals surface area contributed by atoms with E-state index in [9.17, 15) is 13.5 Å². The van der Waals surface area contributed by atoms with Crippen LogP contribution in [0.15, 0.2) is 23.1 Å². The molecule has 1 aromatic carbocycles. The highest BCUT2D eigenvalue weighted by molar-refractivity contribution is 7.91. The van der Waals surface area contributed by atoms with Crippen LogP contribution in [0.3, 0.4) is 0 Å². The summed E-state index contributed by atoms with van der Waals surface area (Å²) in [5.41, 5.74) is 2.40. The van der Waals surface area contributed by atoms with Gasteiger partial charge in [0, 0.05) is 6.54 Å². The summed E-state index contributed by atoms with van der Waals surface area (Å²) in [6.07, 6.45) is 3.20. The SMILES string of the molecule is CCCNCC(O)CS(=O)(=O)c1ccc2c(c1)CCC2. The number of sulfone groups is 1. The Kier molecular flexibility index (Phi) is 5.18. The van der Waals surface area contributed by atoms with Crippen LogP contribution in [0.5, 0.6) is 0 Å². The number of fused-ring (bicyclic) bond motifs is 1. The molecule has 0 saturated heterocycles. The van der Waals surface area contributed by atoms with Gasteiger partial charge in [0.2, 0.25) is 0 Å². The summed E-state index contributed by atoms with van der Waals surface area (Å²) in [7, 11) is -3.41. The average Bonchev–Trinajstić information content (AvgIpc) is 2.85. The highest BCUT2D eigenvalue weighted by Gasteiger charge is 2.21. The van der Waals surface area contributed by atoms with Gasteiger partial charge < -0.3 is 10.4 Å². The van der Waals surface area contributed by atoms with E-state index < -0.39 is 15.9 Å². The number of nitrogens with one attached hydrogen (secondary N) is 1. The van der Waals surface area contributed by atoms with Crippen molar-refractivity contribution in [3.8, 4) is 0 Å². The van der Waals surface area contributed by atoms with Crippen LogP contribution in [-0.4, -0.2) is 38.5 Å². The van der Waals surface area contributed by atoms with Crippen LogP contribution in [0.25, 0.3) is 0 Å². The Morgan fingerprint density at radius 1 is 1.30 bits per heavy atom. The molecule has 0 spiro atoms. The largest absolute Gasteiger partial charge is 0.391 e. The zero-order valence-electron chi connectivity index (χ0n) is 11.9. The fourth-order valence-electron chi connectivity index (χ4n) is 2.60. The van der Waals surface area contributed by atoms with Crippen molar-refractivity contribution in [2.24, 2.45) is 0 Å². The Labute approximate surface area is 121 Å². The van der Waals surface area contributed by atoms with Gasteiger partial charge in [0.05, 0.1) is 16.8 Å². The minimum atomic E-state index is -3.41. The minimum absolute atomic E-state index is 0.220. The first-order chi connectivity index (χ1) is 9.53. The number of hydrogen-bond acceptors (Lipinski definition) is 4. The van der Waals surface area contributed by atoms with E-state index in [1.807, 2.05) is 13.0 Å². The van der Waals surface area contributed by atoms with Crippen LogP contribution in [0.4, 0.5) is 0 Å². The smallest absolute Gasteiger partial charge is 0.180 e. The van der Waals surface area contributed by atoms with Crippen molar-refractivity contribution in [2.75, 3.05) is 18.8 Å². The first kappa shape index (κ1) is 15.5. The predicted molar refractivity (Wildman–Crippen MR) is 79.7 cm³/mol. The lowest BCUT2D eigenvalue weighted by Gasteiger charge is -2.12. The number of hydrogen-bond donors (Lipinski definition) is 2. The molecule has 0 fully saturated rings. The topological polar surface area (TPSA) is 66.4 Å². The van der Waals surface area contributed by atoms with Gasteiger partial charge >= 0.3 is 0 Å². The molecule has 20 heavy (non-hydrogen) atoms. The lowest BCUT2D eigenvalue weighted by atomic mass is 10.1. The lowest BCUT2D eigenvalue weighted by molar-refractivity contribution is 0.194. The van der Waals surface area contributed by atoms with Crippen LogP contribution < -0.4 is 5.32 Å². The van der Waals surface area contributed by atoms with Gasteiger partial charge in [-0.3, -0.25) is 0 Å². The van der Waals surface area contributed by atoms with Gasteiger partial charge in [0.25, 0.3) is 0 Å². The summed E-state index contributed by atoms with van der Waals surface area (Å²) >= 11 is 0. The third-order valence-electron chi connectivity index (χ3n) is 3.65. The Bertz CT molecular complexity index is 554. The van der Waals surface area contributed by atoms with Crippen LogP contribution in [0.1, 0.15) is 30.9 Å². The summed E-state index contributed by atoms with van der Waals surface area (Å²) in [4.78, 5) is 0.340. The van der Waals surface area contributed by atoms with E-state index in [1.165, 1.54) is 5.56 Å². The molecule has 1 aliphatic rings. The second-order valence-electron chi connectivity index (χ2n) is 5.42. The van der Waals surface area contributed by atoms with Crippen molar-refractivity contribution in [2.45, 2.75) is 43.6 Å². The number of benzene rings is 1. The molecule has 112 valence electrons. The molecule has 4 nitrogen and oxygen atoms in total. The number of aliphatic hydroxyl groups is 1. The highest BCUT2D eigenvalue weighted by Crippen LogP contribution is 2.25. The molecular formula is C15H23NO3S. The zero-order chi connectivity index (χ0) is 14.6. The number of aliphatic hydroxyl groups excluding tert-OH is 1. The molecule has 0 saturated carbocycles. The Morgan fingerprint density at radius 3 is 2.80 bits per heavy atom. The molecule has 0 aromatic heterocycles. The summed E-state index contributed by atoms with van der Waals surface area (Å²) in [6.45, 7) is 3.13. The first-order valence-corrected chi connectivity index (χ1v) is 8.91. The number of rotatable bonds is 7. The third kappa shape index (κ3) is 3.81. The van der Waals surface area contributed by atoms with Crippen molar-refractivity contribution in [3.63, 3.8) is 0 Å². The average molecular weight is 297 g/mol. The van der Waals surface area contributed by atoms with Crippen molar-refractivity contribution in [3.05, 3.63) is 29.3 Å². The second-order valence-corrected chi connectivity index (χ2v) is 7.46. The van der Waals surface area contributed by atoms with Gasteiger partial charge in [-0.2, -0.15) is 0 Å². The molecule has 5 heteroatoms. The van der Waals surface area contributed by atoms with Crippen molar-refractivity contribution in [1.29, 1.82) is 0 Å². The van der Waals surface area contributed by atoms with Gasteiger partial charge in [0.15, 0.2) is 9.84 Å². The molecule has 2 N–H and O–H groups in total. The summed E-state index contributed by atoms with van der Waals surface area (Å²) in [6, 6.07) is 5.37. The summed E-state index contributed by atoms with van der Waals surface area (Å²) < 4.78 is 24.6. The maximum atomic E-state index is 12.3. The van der Waals surface area contributed by atoms with Crippen molar-refractivity contribution in [1.82, 2.24) is 5.32 Å². The van der Waals surface area contributed by atoms with Gasteiger partial charge in [-0.25, -0.2) is 8.42 Å². The maximum absolute atomic E-state index is 12.3. The molecule has 0 aliphatic heterocycles. The fourth-order valence-corrected chi connectivity index (χ4v) is 4.01. The molecule has 0 bridgehead atoms. The van der Waals surface area contributed by atoms with E-state index in [-0.39, 0.29) is 5.75 Å². The number of aryl methyl sites for hydroxylation is 2. The van der Waals surface area contributed by atoms with Gasteiger partial charge in [0.1, 0.15) is 0 Å². The van der Waals surface area contributed by atoms with Crippen LogP contribution in [0, 0.1) is 0 Å². The molecule has 0 radical (unpaired) electrons. The van der Waals surface area contributed by atoms with E-state index in [2.05, 4.69) is 5.32 Å². The van der Waals surface area contributed by atoms with E-state index in [4.69, 9.17) is 0 Å². The molecule has 1 unspecified atom stereocenters. The van der Waals surface area contributed by atoms with Gasteiger partial charge in [-0.1, -0.05) is 13.0 Å². The van der Waals surface area contributed by atoms with Crippen LogP contribution >= 0.6 is 0 Å². The van der Waals surface area contributed by atoms with E-state index in [0.29, 0.717) is 11.4 Å². The first-order valence-electron chi connectivity index (χ1n) is 7.26. The Morgan fingerprint density at radius 2 is 2.05 bits per heavy atom. The molecule has 1 aliphatic carbocycles. The molecule has 1 aromatic rings. The molecule has 2 rings (SSSR count). The highest BCUT2D eigenvalue weighted by atomic mass is 32.2. The summed E-state index contributed by atoms with van der Waals surface area (Å²) in [5, 5.41) is 12.9. The molecule has 0 amide bonds. The zero-order valence-corrected chi connectivity index (χ0v) is 12.7. The molecule has 0 heterocycles. The van der Waals surface area contributed by atoms with E-state index >= 15 is 0 Å². The summed E-state index contributed by atoms with van der Waals surface area (Å²) in [5.74, 6) is -0.220. The monoisotopic (exact) mass is 297 g/mol. The van der Waals surface area contributed by atoms with Crippen molar-refractivity contribution >= 4 is 9.84 Å². The molecule has 1 atom stereocenters. The Hall–Kier alpha value is -0.910. The van der Waals surface area contributed by atoms with Crippen LogP contribution in [0.2, 0.25) is 0 Å². The van der Waals surface area contributed by atoms with Gasteiger partial charge in [-0.05, 0) is 55.5 Å². The predicted octanol–water partition coefficient (Wildman–Crippen LogP) is 1.31. The minimum Gasteiger partial charge on any atom is -0.391 e. The quantitative estimate of drug-likeness (QED) is 0.745. The molecular weight excluding hydrogens is 274 g/mol. The fraction of sp³-hybridized carbons (Fsp3) is 0.600. The Balaban J connectivity index is 2.03. The second kappa shape index (κ2) is 6.70. The third-order valence-corrected chi connectivity index (χ3v) is 5.44.